The summed E-state index contributed by atoms with van der Waals surface area (Å²) in [6.07, 6.45) is 23.7. The van der Waals surface area contributed by atoms with Crippen LogP contribution in [0.3, 0.4) is 0 Å². The Bertz CT molecular complexity index is 5670. The van der Waals surface area contributed by atoms with Crippen LogP contribution < -0.4 is 134 Å². The van der Waals surface area contributed by atoms with Gasteiger partial charge in [-0.3, -0.25) is 34.5 Å². The number of pyridine rings is 6. The second-order valence-corrected chi connectivity index (χ2v) is 39.4. The molecule has 0 saturated carbocycles. The Morgan fingerprint density at radius 2 is 0.926 bits per heavy atom. The summed E-state index contributed by atoms with van der Waals surface area (Å²) in [4.78, 5) is 79.5. The Labute approximate surface area is 871 Å². The van der Waals surface area contributed by atoms with Crippen molar-refractivity contribution in [3.8, 4) is 0 Å². The molecule has 5 aliphatic rings. The van der Waals surface area contributed by atoms with Gasteiger partial charge in [0.2, 0.25) is 0 Å². The van der Waals surface area contributed by atoms with E-state index in [0.29, 0.717) is 77.9 Å². The zero-order valence-corrected chi connectivity index (χ0v) is 87.8. The molecule has 5 aliphatic heterocycles. The number of nitrogens with one attached hydrogen (secondary N) is 4. The summed E-state index contributed by atoms with van der Waals surface area (Å²) in [6, 6.07) is 53.1. The number of nitrogens with zero attached hydrogens (tertiary/aromatic N) is 9. The molecule has 0 radical (unpaired) electrons. The van der Waals surface area contributed by atoms with Gasteiger partial charge in [-0.05, 0) is 196 Å². The summed E-state index contributed by atoms with van der Waals surface area (Å²) in [5.74, 6) is 0.414. The number of rotatable bonds is 18. The number of aliphatic hydroxyl groups excluding tert-OH is 3. The fourth-order valence-electron chi connectivity index (χ4n) is 15.0. The minimum atomic E-state index is -4.94. The van der Waals surface area contributed by atoms with Gasteiger partial charge in [0, 0.05) is 174 Å². The van der Waals surface area contributed by atoms with Gasteiger partial charge in [-0.1, -0.05) is 104 Å². The number of benzene rings is 5. The summed E-state index contributed by atoms with van der Waals surface area (Å²) in [5, 5.41) is 51.4. The number of halogens is 4. The van der Waals surface area contributed by atoms with Crippen molar-refractivity contribution in [2.75, 3.05) is 108 Å². The summed E-state index contributed by atoms with van der Waals surface area (Å²) in [7, 11) is -4.31. The van der Waals surface area contributed by atoms with E-state index in [1.54, 1.807) is 34.6 Å². The van der Waals surface area contributed by atoms with Gasteiger partial charge in [-0.2, -0.15) is 0 Å². The van der Waals surface area contributed by atoms with Gasteiger partial charge in [0.1, 0.15) is 32.8 Å². The number of hydrogen-bond acceptors (Lipinski definition) is 28. The van der Waals surface area contributed by atoms with Crippen molar-refractivity contribution in [1.29, 1.82) is 0 Å². The average molecular weight is 2080 g/mol. The Hall–Kier alpha value is -7.43. The molecule has 5 fully saturated rings. The minimum absolute atomic E-state index is 0. The SMILES string of the molecule is CC(C)(C)OC(=O)N1CCC(N)CC1.CC(C)(C)OC(=O)N1CCC(NCC(O)c2cnc3ccccc3c2)CC1.CCCc1cc(N2CCC(NCC(O)c3cnc4ccccc4c3)CC2)nc2sc(C(N)=O)c(N)c12.C[S+](C)C.Cl.Cl.O=Cc1cnc2ccccc2c1.OC(CNC1CCNCC1)c1cnc2ccccc2c1.[H-].[I-].[Li+].[Na+].[O-][Cl+3]([O-])([O-])[O-].c1ccc2ncc(C3CO3)cc2c1. The fraction of sp³-hybridized carbons (Fsp3) is 0.429. The van der Waals surface area contributed by atoms with Crippen LogP contribution in [0.15, 0.2) is 189 Å². The quantitative estimate of drug-likeness (QED) is 0.0193. The molecule has 17 rings (SSSR count). The second-order valence-electron chi connectivity index (χ2n) is 35.2. The number of epoxide rings is 1. The van der Waals surface area contributed by atoms with Crippen molar-refractivity contribution in [1.82, 2.24) is 61.0 Å². The number of nitrogen functional groups attached to an aromatic ring is 1. The standard InChI is InChI=1S/C27H32N6O2S.C21H29N3O3.C16H21N3O.C11H9NO.C10H20N2O2.C10H7NO.C3H9S.ClHO4.2ClH.HI.Li.Na.H/c1-2-5-17-13-22(32-27-23(17)24(28)25(36-27)26(29)35)33-10-8-19(9-11-33)30-15-21(34)18-12-16-6-3-4-7-20(16)31-14-18;1-21(2,3)27-20(26)24-10-8-17(9-11-24)22-14-19(25)16-12-15-6-4-5-7-18(15)23-13-16;20-16(11-18-14-5-7-17-8-6-14)13-9-12-3-1-2-4-15(12)19-10-13;1-2-4-10-8(3-1)5-9(6-12-10)11-7-13-11;1-10(2,3)14-9(13)12-6-4-8(11)5-7-12;12-7-8-5-9-3-1-2-4-10(9)11-6-8;1-4(2)3;2-1(3,4)5;;;;;;/h3-4,6-7,12-14,19,21,30,34H,2,5,8-11,15,28H2,1H3,(H2,29,35);4-7,12-13,17,19,22,25H,8-11,14H2,1-3H3;1-4,9-10,14,16-18,20H,5-8,11H2;1-6,11H,7H2;8H,4-7,11H2,1-3H3;1-7H;1-3H3;(H,2,3,4,5);3*1H;;;/q;;;;;;+1;;;;;2*+1;-1/p-2. The van der Waals surface area contributed by atoms with E-state index >= 15 is 0 Å². The number of nitrogens with two attached hydrogens (primary N) is 3. The molecular weight excluding hydrogens is 1950 g/mol. The van der Waals surface area contributed by atoms with Crippen molar-refractivity contribution < 1.29 is 151 Å². The average Bonchev–Trinajstić information content (AvgIpc) is 1.62. The number of ether oxygens (including phenoxy) is 3. The van der Waals surface area contributed by atoms with Gasteiger partial charge >= 0.3 is 60.6 Å². The van der Waals surface area contributed by atoms with Crippen LogP contribution in [-0.4, -0.2) is 212 Å². The summed E-state index contributed by atoms with van der Waals surface area (Å²) in [6.45, 7) is 22.4. The van der Waals surface area contributed by atoms with Crippen molar-refractivity contribution >= 4 is 148 Å². The predicted molar refractivity (Wildman–Crippen MR) is 526 cm³/mol. The molecule has 3 amide bonds. The fourth-order valence-corrected chi connectivity index (χ4v) is 16.0. The van der Waals surface area contributed by atoms with Gasteiger partial charge in [0.25, 0.3) is 5.91 Å². The van der Waals surface area contributed by atoms with Crippen LogP contribution in [0.25, 0.3) is 64.7 Å². The third-order valence-corrected chi connectivity index (χ3v) is 23.0. The van der Waals surface area contributed by atoms with E-state index in [1.165, 1.54) is 22.3 Å². The largest absolute Gasteiger partial charge is 1.00 e. The van der Waals surface area contributed by atoms with E-state index in [0.717, 1.165) is 204 Å². The first-order valence-corrected chi connectivity index (χ1v) is 48.9. The third kappa shape index (κ3) is 39.9. The van der Waals surface area contributed by atoms with Crippen LogP contribution >= 0.6 is 36.2 Å². The van der Waals surface area contributed by atoms with E-state index in [2.05, 4.69) is 95.0 Å². The number of hydrogen-bond donors (Lipinski definition) is 10. The van der Waals surface area contributed by atoms with E-state index in [1.807, 2.05) is 187 Å². The molecule has 5 aromatic carbocycles. The van der Waals surface area contributed by atoms with Gasteiger partial charge < -0.3 is 108 Å². The molecule has 136 heavy (non-hydrogen) atoms. The molecule has 5 saturated heterocycles. The smallest absolute Gasteiger partial charge is 1.00 e. The molecule has 0 spiro atoms. The Kier molecular flexibility index (Phi) is 51.4. The molecule has 4 unspecified atom stereocenters. The molecule has 13 N–H and O–H groups in total. The van der Waals surface area contributed by atoms with Crippen molar-refractivity contribution in [3.05, 3.63) is 227 Å². The van der Waals surface area contributed by atoms with Crippen LogP contribution in [-0.2, 0) is 31.5 Å². The van der Waals surface area contributed by atoms with E-state index in [9.17, 15) is 34.5 Å². The van der Waals surface area contributed by atoms with Crippen LogP contribution in [0.1, 0.15) is 180 Å². The Morgan fingerprint density at radius 3 is 1.29 bits per heavy atom. The number of para-hydroxylation sites is 5. The number of fused-ring (bicyclic) bond motifs is 6. The minimum Gasteiger partial charge on any atom is -1.00 e. The molecule has 0 bridgehead atoms. The number of thiophene rings is 1. The van der Waals surface area contributed by atoms with E-state index in [-0.39, 0.29) is 123 Å². The monoisotopic (exact) mass is 2080 g/mol. The maximum absolute atomic E-state index is 12.1. The maximum Gasteiger partial charge on any atom is 1.00 e. The van der Waals surface area contributed by atoms with Crippen LogP contribution in [0.5, 0.6) is 0 Å². The topological polar surface area (TPSA) is 465 Å². The first kappa shape index (κ1) is 119. The number of amides is 3. The van der Waals surface area contributed by atoms with E-state index < -0.39 is 45.7 Å². The Morgan fingerprint density at radius 1 is 0.581 bits per heavy atom. The molecule has 7 aromatic heterocycles. The molecule has 38 heteroatoms. The van der Waals surface area contributed by atoms with Gasteiger partial charge in [0.05, 0.1) is 77.0 Å². The number of aryl methyl sites for hydroxylation is 1. The number of aromatic nitrogens is 6. The van der Waals surface area contributed by atoms with E-state index in [4.69, 9.17) is 55.0 Å². The summed E-state index contributed by atoms with van der Waals surface area (Å²) < 4.78 is 49.9. The molecule has 12 heterocycles. The zero-order chi connectivity index (χ0) is 94.4. The van der Waals surface area contributed by atoms with Crippen LogP contribution in [0, 0.1) is 10.2 Å². The van der Waals surface area contributed by atoms with Gasteiger partial charge in [-0.15, -0.1) is 46.4 Å². The molecule has 728 valence electrons. The number of carbonyl (C=O) groups is 4. The third-order valence-electron chi connectivity index (χ3n) is 21.9. The number of likely N-dealkylation sites (tertiary alicyclic amines) is 2. The second kappa shape index (κ2) is 58.7. The number of carbonyl (C=O) groups excluding carboxylic acids is 4. The number of piperidine rings is 4. The first-order valence-electron chi connectivity index (χ1n) is 44.4. The molecule has 30 nitrogen and oxygen atoms in total. The maximum atomic E-state index is 12.1. The van der Waals surface area contributed by atoms with Crippen molar-refractivity contribution in [2.45, 2.75) is 172 Å². The number of primary amides is 1. The Balaban J connectivity index is 0.000000347. The molecule has 4 atom stereocenters. The van der Waals surface area contributed by atoms with Crippen molar-refractivity contribution in [2.24, 2.45) is 11.5 Å². The zero-order valence-electron chi connectivity index (χ0n) is 80.6. The molecular formula is C98H130Cl3ILiN16NaO14S2. The van der Waals surface area contributed by atoms with Gasteiger partial charge in [-0.25, -0.2) is 33.2 Å². The normalized spacial score (nSPS) is 15.8. The summed E-state index contributed by atoms with van der Waals surface area (Å²) in [5.41, 5.74) is 27.4. The number of anilines is 2. The number of aliphatic hydroxyl groups is 3. The van der Waals surface area contributed by atoms with Gasteiger partial charge in [0.15, 0.2) is 6.29 Å². The molecule has 0 aliphatic carbocycles. The predicted octanol–water partition coefficient (Wildman–Crippen LogP) is 2.04. The van der Waals surface area contributed by atoms with Crippen LogP contribution in [0.4, 0.5) is 21.1 Å². The summed E-state index contributed by atoms with van der Waals surface area (Å²) >= 11 is 1.28. The molecule has 12 aromatic rings. The van der Waals surface area contributed by atoms with Crippen molar-refractivity contribution in [3.63, 3.8) is 0 Å². The van der Waals surface area contributed by atoms with Crippen LogP contribution in [0.2, 0.25) is 0 Å². The number of aldehydes is 1. The first-order chi connectivity index (χ1) is 62.5.